The molecule has 106 valence electrons. The van der Waals surface area contributed by atoms with E-state index in [1.165, 1.54) is 17.7 Å². The van der Waals surface area contributed by atoms with Crippen LogP contribution in [0.5, 0.6) is 0 Å². The molecule has 2 fully saturated rings. The van der Waals surface area contributed by atoms with Crippen molar-refractivity contribution in [2.75, 3.05) is 18.0 Å². The smallest absolute Gasteiger partial charge is 0.251 e. The molecule has 0 N–H and O–H groups in total. The molecule has 0 radical (unpaired) electrons. The van der Waals surface area contributed by atoms with Crippen molar-refractivity contribution in [1.82, 2.24) is 4.90 Å². The maximum Gasteiger partial charge on any atom is 0.251 e. The molecule has 1 aromatic carbocycles. The van der Waals surface area contributed by atoms with E-state index < -0.39 is 0 Å². The van der Waals surface area contributed by atoms with Crippen LogP contribution in [-0.2, 0) is 9.59 Å². The Hall–Kier alpha value is -1.68. The quantitative estimate of drug-likeness (QED) is 0.775. The Balaban J connectivity index is 1.79. The number of carbonyl (C=O) groups is 2. The summed E-state index contributed by atoms with van der Waals surface area (Å²) < 4.78 is 0. The third-order valence-corrected chi connectivity index (χ3v) is 4.22. The number of imide groups is 1. The number of amides is 2. The van der Waals surface area contributed by atoms with E-state index in [0.717, 1.165) is 25.9 Å². The first-order valence-corrected chi connectivity index (χ1v) is 7.43. The second-order valence-electron chi connectivity index (χ2n) is 5.57. The van der Waals surface area contributed by atoms with Crippen LogP contribution in [0.4, 0.5) is 5.69 Å². The molecule has 0 aromatic heterocycles. The topological polar surface area (TPSA) is 40.6 Å². The summed E-state index contributed by atoms with van der Waals surface area (Å²) in [5.74, 6) is -0.126. The SMILES string of the molecule is O=C1C[C@H](N2CCCCCC2)C(=O)N1c1ccccc1. The zero-order chi connectivity index (χ0) is 13.9. The molecule has 2 saturated heterocycles. The van der Waals surface area contributed by atoms with Crippen molar-refractivity contribution in [3.05, 3.63) is 30.3 Å². The Morgan fingerprint density at radius 3 is 2.20 bits per heavy atom. The van der Waals surface area contributed by atoms with Crippen molar-refractivity contribution in [2.24, 2.45) is 0 Å². The number of benzene rings is 1. The zero-order valence-corrected chi connectivity index (χ0v) is 11.6. The molecule has 1 aromatic rings. The maximum absolute atomic E-state index is 12.6. The van der Waals surface area contributed by atoms with Gasteiger partial charge < -0.3 is 0 Å². The Morgan fingerprint density at radius 1 is 0.900 bits per heavy atom. The molecule has 2 aliphatic heterocycles. The number of rotatable bonds is 2. The normalized spacial score (nSPS) is 25.0. The highest BCUT2D eigenvalue weighted by molar-refractivity contribution is 6.22. The van der Waals surface area contributed by atoms with Gasteiger partial charge in [-0.3, -0.25) is 14.5 Å². The average molecular weight is 272 g/mol. The van der Waals surface area contributed by atoms with Gasteiger partial charge in [-0.2, -0.15) is 0 Å². The second-order valence-corrected chi connectivity index (χ2v) is 5.57. The van der Waals surface area contributed by atoms with Crippen LogP contribution in [0.3, 0.4) is 0 Å². The van der Waals surface area contributed by atoms with Gasteiger partial charge in [-0.1, -0.05) is 31.0 Å². The molecule has 0 aliphatic carbocycles. The van der Waals surface area contributed by atoms with Gasteiger partial charge in [0.1, 0.15) is 0 Å². The molecule has 4 nitrogen and oxygen atoms in total. The lowest BCUT2D eigenvalue weighted by Gasteiger charge is -2.25. The maximum atomic E-state index is 12.6. The third kappa shape index (κ3) is 2.48. The fourth-order valence-corrected chi connectivity index (χ4v) is 3.16. The highest BCUT2D eigenvalue weighted by atomic mass is 16.2. The van der Waals surface area contributed by atoms with Gasteiger partial charge >= 0.3 is 0 Å². The van der Waals surface area contributed by atoms with Gasteiger partial charge in [-0.15, -0.1) is 0 Å². The minimum atomic E-state index is -0.249. The molecule has 2 aliphatic rings. The Kier molecular flexibility index (Phi) is 3.83. The van der Waals surface area contributed by atoms with E-state index in [0.29, 0.717) is 12.1 Å². The van der Waals surface area contributed by atoms with Crippen LogP contribution in [-0.4, -0.2) is 35.8 Å². The number of carbonyl (C=O) groups excluding carboxylic acids is 2. The van der Waals surface area contributed by atoms with Crippen molar-refractivity contribution < 1.29 is 9.59 Å². The minimum absolute atomic E-state index is 0.0527. The predicted octanol–water partition coefficient (Wildman–Crippen LogP) is 2.19. The van der Waals surface area contributed by atoms with Crippen molar-refractivity contribution in [2.45, 2.75) is 38.1 Å². The summed E-state index contributed by atoms with van der Waals surface area (Å²) in [5.41, 5.74) is 0.694. The van der Waals surface area contributed by atoms with Gasteiger partial charge in [0, 0.05) is 0 Å². The number of likely N-dealkylation sites (tertiary alicyclic amines) is 1. The van der Waals surface area contributed by atoms with E-state index in [1.807, 2.05) is 30.3 Å². The predicted molar refractivity (Wildman–Crippen MR) is 77.4 cm³/mol. The van der Waals surface area contributed by atoms with Crippen molar-refractivity contribution in [3.8, 4) is 0 Å². The van der Waals surface area contributed by atoms with Crippen LogP contribution in [0, 0.1) is 0 Å². The minimum Gasteiger partial charge on any atom is -0.292 e. The van der Waals surface area contributed by atoms with Crippen LogP contribution in [0.2, 0.25) is 0 Å². The molecular weight excluding hydrogens is 252 g/mol. The van der Waals surface area contributed by atoms with Crippen molar-refractivity contribution >= 4 is 17.5 Å². The van der Waals surface area contributed by atoms with E-state index in [1.54, 1.807) is 0 Å². The summed E-state index contributed by atoms with van der Waals surface area (Å²) >= 11 is 0. The van der Waals surface area contributed by atoms with Crippen LogP contribution in [0.15, 0.2) is 30.3 Å². The molecule has 3 rings (SSSR count). The molecule has 0 spiro atoms. The average Bonchev–Trinajstić information content (AvgIpc) is 2.67. The summed E-state index contributed by atoms with van der Waals surface area (Å²) in [7, 11) is 0. The molecule has 0 saturated carbocycles. The lowest BCUT2D eigenvalue weighted by Crippen LogP contribution is -2.42. The van der Waals surface area contributed by atoms with Gasteiger partial charge in [0.15, 0.2) is 0 Å². The molecule has 2 amide bonds. The van der Waals surface area contributed by atoms with Gasteiger partial charge in [-0.25, -0.2) is 4.90 Å². The Labute approximate surface area is 119 Å². The fourth-order valence-electron chi connectivity index (χ4n) is 3.16. The van der Waals surface area contributed by atoms with Gasteiger partial charge in [0.25, 0.3) is 5.91 Å². The number of anilines is 1. The second kappa shape index (κ2) is 5.75. The largest absolute Gasteiger partial charge is 0.292 e. The number of hydrogen-bond donors (Lipinski definition) is 0. The Bertz CT molecular complexity index is 492. The summed E-state index contributed by atoms with van der Waals surface area (Å²) in [6.07, 6.45) is 5.04. The van der Waals surface area contributed by atoms with Crippen LogP contribution < -0.4 is 4.90 Å². The van der Waals surface area contributed by atoms with E-state index in [-0.39, 0.29) is 17.9 Å². The molecular formula is C16H20N2O2. The molecule has 0 bridgehead atoms. The molecule has 20 heavy (non-hydrogen) atoms. The molecule has 2 heterocycles. The van der Waals surface area contributed by atoms with E-state index in [9.17, 15) is 9.59 Å². The van der Waals surface area contributed by atoms with E-state index in [4.69, 9.17) is 0 Å². The highest BCUT2D eigenvalue weighted by Gasteiger charge is 2.42. The van der Waals surface area contributed by atoms with E-state index in [2.05, 4.69) is 4.90 Å². The lowest BCUT2D eigenvalue weighted by molar-refractivity contribution is -0.122. The lowest BCUT2D eigenvalue weighted by atomic mass is 10.2. The first-order valence-electron chi connectivity index (χ1n) is 7.43. The van der Waals surface area contributed by atoms with Gasteiger partial charge in [0.2, 0.25) is 5.91 Å². The number of nitrogens with zero attached hydrogens (tertiary/aromatic N) is 2. The molecule has 4 heteroatoms. The highest BCUT2D eigenvalue weighted by Crippen LogP contribution is 2.26. The zero-order valence-electron chi connectivity index (χ0n) is 11.6. The fraction of sp³-hybridized carbons (Fsp3) is 0.500. The first kappa shape index (κ1) is 13.3. The van der Waals surface area contributed by atoms with Gasteiger partial charge in [0.05, 0.1) is 18.2 Å². The van der Waals surface area contributed by atoms with Gasteiger partial charge in [-0.05, 0) is 38.1 Å². The standard InChI is InChI=1S/C16H20N2O2/c19-15-12-14(17-10-6-1-2-7-11-17)16(20)18(15)13-8-4-3-5-9-13/h3-5,8-9,14H,1-2,6-7,10-12H2/t14-/m0/s1. The summed E-state index contributed by atoms with van der Waals surface area (Å²) in [6, 6.07) is 8.99. The molecule has 0 unspecified atom stereocenters. The summed E-state index contributed by atoms with van der Waals surface area (Å²) in [5, 5.41) is 0. The number of para-hydroxylation sites is 1. The summed E-state index contributed by atoms with van der Waals surface area (Å²) in [4.78, 5) is 28.4. The Morgan fingerprint density at radius 2 is 1.55 bits per heavy atom. The van der Waals surface area contributed by atoms with Crippen molar-refractivity contribution in [3.63, 3.8) is 0 Å². The van der Waals surface area contributed by atoms with E-state index >= 15 is 0 Å². The monoisotopic (exact) mass is 272 g/mol. The third-order valence-electron chi connectivity index (χ3n) is 4.22. The molecule has 1 atom stereocenters. The summed E-state index contributed by atoms with van der Waals surface area (Å²) in [6.45, 7) is 1.87. The first-order chi connectivity index (χ1) is 9.77. The van der Waals surface area contributed by atoms with Crippen LogP contribution in [0.1, 0.15) is 32.1 Å². The number of hydrogen-bond acceptors (Lipinski definition) is 3. The van der Waals surface area contributed by atoms with Crippen LogP contribution >= 0.6 is 0 Å². The van der Waals surface area contributed by atoms with Crippen LogP contribution in [0.25, 0.3) is 0 Å². The van der Waals surface area contributed by atoms with Crippen molar-refractivity contribution in [1.29, 1.82) is 0 Å².